The Morgan fingerprint density at radius 3 is 2.42 bits per heavy atom. The Balaban J connectivity index is 1.49. The van der Waals surface area contributed by atoms with E-state index in [1.807, 2.05) is 24.3 Å². The first kappa shape index (κ1) is 23.1. The molecular formula is C21H32N4O5Si. The number of hydrogen-bond acceptors (Lipinski definition) is 5. The summed E-state index contributed by atoms with van der Waals surface area (Å²) in [5, 5.41) is 10.5. The molecule has 2 saturated heterocycles. The van der Waals surface area contributed by atoms with E-state index in [9.17, 15) is 19.6 Å². The number of hydrazine groups is 1. The molecule has 3 rings (SSSR count). The Bertz CT molecular complexity index is 852. The molecule has 1 aromatic carbocycles. The number of nitrogens with one attached hydrogen (secondary N) is 2. The Morgan fingerprint density at radius 1 is 1.16 bits per heavy atom. The van der Waals surface area contributed by atoms with Gasteiger partial charge < -0.3 is 9.33 Å². The van der Waals surface area contributed by atoms with Crippen molar-refractivity contribution in [2.45, 2.75) is 70.2 Å². The third kappa shape index (κ3) is 5.01. The standard InChI is InChI=1S/C21H32N4O5Si/c1-21(2,3)31(4,5)30-16-9-6-14(7-10-16)12-18(26)22-23-19(27)17-11-8-15-13-24(17)20(28)25(15)29/h6-7,9-10,15,17,29H,8,11-13H2,1-5H3,(H,22,26)(H,23,27)/t15-,17+/m1/s1. The Morgan fingerprint density at radius 2 is 1.81 bits per heavy atom. The van der Waals surface area contributed by atoms with Gasteiger partial charge in [0.1, 0.15) is 11.8 Å². The average Bonchev–Trinajstić information content (AvgIpc) is 2.91. The highest BCUT2D eigenvalue weighted by atomic mass is 28.4. The van der Waals surface area contributed by atoms with Crippen LogP contribution in [0.3, 0.4) is 0 Å². The SMILES string of the molecule is CC(C)(C)[Si](C)(C)Oc1ccc(CC(=O)NNC(=O)[C@@H]2CC[C@@H]3CN2C(=O)N3O)cc1. The molecule has 0 radical (unpaired) electrons. The van der Waals surface area contributed by atoms with Crippen LogP contribution in [-0.2, 0) is 16.0 Å². The van der Waals surface area contributed by atoms with Crippen molar-refractivity contribution in [3.63, 3.8) is 0 Å². The van der Waals surface area contributed by atoms with Gasteiger partial charge in [-0.3, -0.25) is 25.6 Å². The molecule has 9 nitrogen and oxygen atoms in total. The summed E-state index contributed by atoms with van der Waals surface area (Å²) in [6.45, 7) is 11.2. The minimum atomic E-state index is -1.93. The van der Waals surface area contributed by atoms with E-state index in [1.165, 1.54) is 4.90 Å². The van der Waals surface area contributed by atoms with Gasteiger partial charge in [-0.2, -0.15) is 0 Å². The van der Waals surface area contributed by atoms with E-state index < -0.39 is 26.3 Å². The molecule has 10 heteroatoms. The molecule has 2 atom stereocenters. The molecule has 0 aliphatic carbocycles. The highest BCUT2D eigenvalue weighted by Gasteiger charge is 2.46. The number of urea groups is 1. The monoisotopic (exact) mass is 448 g/mol. The third-order valence-corrected chi connectivity index (χ3v) is 10.8. The van der Waals surface area contributed by atoms with E-state index in [1.54, 1.807) is 0 Å². The second kappa shape index (κ2) is 8.50. The van der Waals surface area contributed by atoms with Crippen molar-refractivity contribution < 1.29 is 24.0 Å². The molecule has 2 heterocycles. The van der Waals surface area contributed by atoms with Gasteiger partial charge in [-0.25, -0.2) is 9.86 Å². The fourth-order valence-electron chi connectivity index (χ4n) is 3.49. The number of carbonyl (C=O) groups excluding carboxylic acids is 3. The second-order valence-electron chi connectivity index (χ2n) is 9.75. The molecule has 2 fully saturated rings. The van der Waals surface area contributed by atoms with Gasteiger partial charge in [-0.05, 0) is 48.7 Å². The second-order valence-corrected chi connectivity index (χ2v) is 14.5. The third-order valence-electron chi connectivity index (χ3n) is 6.44. The van der Waals surface area contributed by atoms with E-state index in [4.69, 9.17) is 4.43 Å². The van der Waals surface area contributed by atoms with Crippen LogP contribution in [0.25, 0.3) is 0 Å². The lowest BCUT2D eigenvalue weighted by atomic mass is 10.0. The van der Waals surface area contributed by atoms with E-state index in [2.05, 4.69) is 44.7 Å². The molecule has 0 aromatic heterocycles. The molecule has 3 N–H and O–H groups in total. The number of amides is 4. The van der Waals surface area contributed by atoms with Crippen LogP contribution < -0.4 is 15.3 Å². The van der Waals surface area contributed by atoms with Crippen LogP contribution in [0.1, 0.15) is 39.2 Å². The highest BCUT2D eigenvalue weighted by Crippen LogP contribution is 2.37. The predicted molar refractivity (Wildman–Crippen MR) is 117 cm³/mol. The fourth-order valence-corrected chi connectivity index (χ4v) is 4.52. The van der Waals surface area contributed by atoms with E-state index in [0.717, 1.165) is 11.3 Å². The molecule has 0 spiro atoms. The van der Waals surface area contributed by atoms with Crippen molar-refractivity contribution in [2.75, 3.05) is 6.54 Å². The summed E-state index contributed by atoms with van der Waals surface area (Å²) >= 11 is 0. The molecule has 2 aliphatic rings. The van der Waals surface area contributed by atoms with Crippen LogP contribution in [0.5, 0.6) is 5.75 Å². The van der Waals surface area contributed by atoms with Crippen molar-refractivity contribution in [3.8, 4) is 5.75 Å². The van der Waals surface area contributed by atoms with Gasteiger partial charge >= 0.3 is 6.03 Å². The first-order chi connectivity index (χ1) is 14.4. The molecular weight excluding hydrogens is 416 g/mol. The van der Waals surface area contributed by atoms with Crippen molar-refractivity contribution in [2.24, 2.45) is 0 Å². The summed E-state index contributed by atoms with van der Waals surface area (Å²) in [5.74, 6) is -0.0435. The van der Waals surface area contributed by atoms with E-state index in [0.29, 0.717) is 24.4 Å². The zero-order chi connectivity index (χ0) is 23.0. The normalized spacial score (nSPS) is 21.2. The maximum Gasteiger partial charge on any atom is 0.344 e. The lowest BCUT2D eigenvalue weighted by Gasteiger charge is -2.36. The summed E-state index contributed by atoms with van der Waals surface area (Å²) in [6, 6.07) is 5.85. The Kier molecular flexibility index (Phi) is 6.33. The topological polar surface area (TPSA) is 111 Å². The number of piperidine rings is 1. The number of fused-ring (bicyclic) bond motifs is 2. The number of carbonyl (C=O) groups is 3. The average molecular weight is 449 g/mol. The van der Waals surface area contributed by atoms with Gasteiger partial charge in [0, 0.05) is 6.54 Å². The van der Waals surface area contributed by atoms with Crippen molar-refractivity contribution in [3.05, 3.63) is 29.8 Å². The van der Waals surface area contributed by atoms with Crippen LogP contribution in [0, 0.1) is 0 Å². The number of hydroxylamine groups is 2. The first-order valence-corrected chi connectivity index (χ1v) is 13.5. The first-order valence-electron chi connectivity index (χ1n) is 10.5. The quantitative estimate of drug-likeness (QED) is 0.364. The molecule has 170 valence electrons. The van der Waals surface area contributed by atoms with E-state index in [-0.39, 0.29) is 23.4 Å². The zero-order valence-electron chi connectivity index (χ0n) is 18.8. The van der Waals surface area contributed by atoms with Crippen molar-refractivity contribution in [1.82, 2.24) is 20.8 Å². The van der Waals surface area contributed by atoms with Crippen LogP contribution in [0.4, 0.5) is 4.79 Å². The van der Waals surface area contributed by atoms with Crippen LogP contribution in [0.15, 0.2) is 24.3 Å². The zero-order valence-corrected chi connectivity index (χ0v) is 19.8. The van der Waals surface area contributed by atoms with Crippen molar-refractivity contribution >= 4 is 26.2 Å². The maximum absolute atomic E-state index is 12.4. The number of hydrogen-bond donors (Lipinski definition) is 3. The Labute approximate surface area is 183 Å². The Hall–Kier alpha value is -2.59. The highest BCUT2D eigenvalue weighted by molar-refractivity contribution is 6.74. The summed E-state index contributed by atoms with van der Waals surface area (Å²) in [5.41, 5.74) is 5.60. The molecule has 31 heavy (non-hydrogen) atoms. The molecule has 4 amide bonds. The van der Waals surface area contributed by atoms with Gasteiger partial charge in [0.25, 0.3) is 5.91 Å². The van der Waals surface area contributed by atoms with Gasteiger partial charge in [0.2, 0.25) is 14.2 Å². The minimum Gasteiger partial charge on any atom is -0.544 e. The van der Waals surface area contributed by atoms with Crippen LogP contribution >= 0.6 is 0 Å². The molecule has 2 bridgehead atoms. The lowest BCUT2D eigenvalue weighted by molar-refractivity contribution is -0.131. The predicted octanol–water partition coefficient (Wildman–Crippen LogP) is 2.42. The van der Waals surface area contributed by atoms with Crippen molar-refractivity contribution in [1.29, 1.82) is 0 Å². The smallest absolute Gasteiger partial charge is 0.344 e. The molecule has 0 unspecified atom stereocenters. The van der Waals surface area contributed by atoms with Gasteiger partial charge in [0.15, 0.2) is 0 Å². The van der Waals surface area contributed by atoms with Crippen LogP contribution in [0.2, 0.25) is 18.1 Å². The van der Waals surface area contributed by atoms with Gasteiger partial charge in [-0.1, -0.05) is 32.9 Å². The molecule has 1 aromatic rings. The summed E-state index contributed by atoms with van der Waals surface area (Å²) < 4.78 is 6.24. The summed E-state index contributed by atoms with van der Waals surface area (Å²) in [6.07, 6.45) is 1.07. The van der Waals surface area contributed by atoms with E-state index >= 15 is 0 Å². The maximum atomic E-state index is 12.4. The lowest BCUT2D eigenvalue weighted by Crippen LogP contribution is -2.54. The number of rotatable bonds is 5. The molecule has 2 aliphatic heterocycles. The number of benzene rings is 1. The summed E-state index contributed by atoms with van der Waals surface area (Å²) in [7, 11) is -1.93. The number of nitrogens with zero attached hydrogens (tertiary/aromatic N) is 2. The largest absolute Gasteiger partial charge is 0.544 e. The summed E-state index contributed by atoms with van der Waals surface area (Å²) in [4.78, 5) is 38.0. The van der Waals surface area contributed by atoms with Crippen LogP contribution in [-0.4, -0.2) is 60.0 Å². The minimum absolute atomic E-state index is 0.0954. The van der Waals surface area contributed by atoms with Gasteiger partial charge in [-0.15, -0.1) is 0 Å². The van der Waals surface area contributed by atoms with Gasteiger partial charge in [0.05, 0.1) is 12.5 Å². The molecule has 0 saturated carbocycles. The fraction of sp³-hybridized carbons (Fsp3) is 0.571.